The Bertz CT molecular complexity index is 1270. The average Bonchev–Trinajstić information content (AvgIpc) is 3.11. The summed E-state index contributed by atoms with van der Waals surface area (Å²) in [6.45, 7) is 5.56. The van der Waals surface area contributed by atoms with Crippen LogP contribution in [-0.2, 0) is 15.8 Å². The minimum Gasteiger partial charge on any atom is -0.494 e. The number of benzene rings is 1. The Balaban J connectivity index is 1.26. The van der Waals surface area contributed by atoms with Gasteiger partial charge in [0.25, 0.3) is 0 Å². The minimum absolute atomic E-state index is 0.0660. The molecule has 0 aromatic heterocycles. The number of carbonyl (C=O) groups is 2. The molecule has 8 atom stereocenters. The van der Waals surface area contributed by atoms with Crippen molar-refractivity contribution in [2.75, 3.05) is 6.61 Å². The molecule has 41 heavy (non-hydrogen) atoms. The van der Waals surface area contributed by atoms with E-state index in [1.807, 2.05) is 13.8 Å². The van der Waals surface area contributed by atoms with Gasteiger partial charge in [-0.05, 0) is 93.7 Å². The van der Waals surface area contributed by atoms with Crippen molar-refractivity contribution in [1.82, 2.24) is 0 Å². The van der Waals surface area contributed by atoms with Crippen molar-refractivity contribution >= 4 is 11.6 Å². The van der Waals surface area contributed by atoms with Crippen LogP contribution in [0.3, 0.4) is 0 Å². The summed E-state index contributed by atoms with van der Waals surface area (Å²) in [6.07, 6.45) is 0.834. The number of fused-ring (bicyclic) bond motifs is 5. The number of rotatable bonds is 7. The number of halogens is 4. The van der Waals surface area contributed by atoms with Crippen LogP contribution < -0.4 is 4.74 Å². The smallest absolute Gasteiger partial charge is 0.416 e. The van der Waals surface area contributed by atoms with Crippen molar-refractivity contribution in [2.45, 2.75) is 89.3 Å². The highest BCUT2D eigenvalue weighted by molar-refractivity contribution is 6.01. The van der Waals surface area contributed by atoms with E-state index in [1.54, 1.807) is 13.0 Å². The number of aliphatic hydroxyl groups excluding tert-OH is 1. The van der Waals surface area contributed by atoms with Crippen LogP contribution in [0, 0.1) is 28.6 Å². The highest BCUT2D eigenvalue weighted by atomic mass is 19.4. The number of allylic oxidation sites excluding steroid dienone is 4. The number of unbranched alkanes of at least 4 members (excludes halogenated alkanes) is 1. The maximum atomic E-state index is 17.3. The van der Waals surface area contributed by atoms with E-state index in [1.165, 1.54) is 24.3 Å². The summed E-state index contributed by atoms with van der Waals surface area (Å²) >= 11 is 0. The second-order valence-corrected chi connectivity index (χ2v) is 12.9. The zero-order valence-electron chi connectivity index (χ0n) is 23.6. The van der Waals surface area contributed by atoms with Gasteiger partial charge in [0, 0.05) is 23.2 Å². The quantitative estimate of drug-likeness (QED) is 0.299. The first-order chi connectivity index (χ1) is 19.1. The molecule has 0 heterocycles. The Morgan fingerprint density at radius 3 is 2.46 bits per heavy atom. The third kappa shape index (κ3) is 4.41. The van der Waals surface area contributed by atoms with E-state index in [0.717, 1.165) is 12.1 Å². The molecule has 4 aliphatic carbocycles. The van der Waals surface area contributed by atoms with Crippen molar-refractivity contribution in [3.8, 4) is 5.75 Å². The SMILES string of the molecule is C[C@@H]1C[C@H]2[C@@H]3CCC4=CC(=O)C=C[C@]4(C)[C@@]3(F)[C@@H](O)C[C@]2(C)[C@@]1(O)C(=O)CCCCOc1ccc(C(F)(F)F)cc1. The molecule has 0 unspecified atom stereocenters. The van der Waals surface area contributed by atoms with Crippen LogP contribution in [-0.4, -0.2) is 45.8 Å². The Labute approximate surface area is 237 Å². The lowest BCUT2D eigenvalue weighted by Crippen LogP contribution is -2.69. The van der Waals surface area contributed by atoms with Gasteiger partial charge in [-0.15, -0.1) is 0 Å². The Hall–Kier alpha value is -2.52. The summed E-state index contributed by atoms with van der Waals surface area (Å²) in [5, 5.41) is 23.5. The summed E-state index contributed by atoms with van der Waals surface area (Å²) < 4.78 is 61.0. The first-order valence-corrected chi connectivity index (χ1v) is 14.5. The predicted molar refractivity (Wildman–Crippen MR) is 144 cm³/mol. The summed E-state index contributed by atoms with van der Waals surface area (Å²) in [4.78, 5) is 25.7. The van der Waals surface area contributed by atoms with Gasteiger partial charge in [-0.3, -0.25) is 9.59 Å². The third-order valence-corrected chi connectivity index (χ3v) is 10.9. The van der Waals surface area contributed by atoms with E-state index in [-0.39, 0.29) is 36.9 Å². The molecule has 0 amide bonds. The van der Waals surface area contributed by atoms with Gasteiger partial charge >= 0.3 is 6.18 Å². The number of ketones is 2. The fourth-order valence-corrected chi connectivity index (χ4v) is 8.65. The van der Waals surface area contributed by atoms with Crippen molar-refractivity contribution < 1.29 is 42.1 Å². The van der Waals surface area contributed by atoms with E-state index in [9.17, 15) is 33.0 Å². The molecule has 0 saturated heterocycles. The molecular formula is C32H38F4O5. The molecule has 3 fully saturated rings. The lowest BCUT2D eigenvalue weighted by atomic mass is 9.44. The van der Waals surface area contributed by atoms with Crippen LogP contribution in [0.2, 0.25) is 0 Å². The number of alkyl halides is 4. The summed E-state index contributed by atoms with van der Waals surface area (Å²) in [5.74, 6) is -1.58. The maximum Gasteiger partial charge on any atom is 0.416 e. The van der Waals surface area contributed by atoms with E-state index < -0.39 is 51.8 Å². The Morgan fingerprint density at radius 2 is 1.80 bits per heavy atom. The minimum atomic E-state index is -4.42. The van der Waals surface area contributed by atoms with Gasteiger partial charge in [0.15, 0.2) is 17.2 Å². The Kier molecular flexibility index (Phi) is 7.34. The van der Waals surface area contributed by atoms with E-state index >= 15 is 4.39 Å². The summed E-state index contributed by atoms with van der Waals surface area (Å²) in [5.41, 5.74) is -5.99. The summed E-state index contributed by atoms with van der Waals surface area (Å²) in [7, 11) is 0. The molecule has 3 saturated carbocycles. The van der Waals surface area contributed by atoms with Crippen LogP contribution in [0.25, 0.3) is 0 Å². The lowest BCUT2D eigenvalue weighted by Gasteiger charge is -2.62. The maximum absolute atomic E-state index is 17.3. The number of hydrogen-bond acceptors (Lipinski definition) is 5. The molecule has 5 rings (SSSR count). The van der Waals surface area contributed by atoms with Gasteiger partial charge in [0.2, 0.25) is 0 Å². The van der Waals surface area contributed by atoms with Gasteiger partial charge in [0.05, 0.1) is 18.3 Å². The number of carbonyl (C=O) groups excluding carboxylic acids is 2. The van der Waals surface area contributed by atoms with Crippen LogP contribution in [0.1, 0.15) is 71.3 Å². The van der Waals surface area contributed by atoms with E-state index in [4.69, 9.17) is 4.74 Å². The predicted octanol–water partition coefficient (Wildman–Crippen LogP) is 6.17. The van der Waals surface area contributed by atoms with Crippen LogP contribution in [0.4, 0.5) is 17.6 Å². The molecule has 1 aromatic rings. The first-order valence-electron chi connectivity index (χ1n) is 14.5. The molecule has 4 aliphatic rings. The molecule has 0 bridgehead atoms. The van der Waals surface area contributed by atoms with Gasteiger partial charge in [-0.1, -0.05) is 25.5 Å². The molecule has 0 radical (unpaired) electrons. The zero-order valence-corrected chi connectivity index (χ0v) is 23.6. The standard InChI is InChI=1S/C32H38F4O5/c1-19-16-25-24-12-9-21-17-22(37)13-14-28(21,2)30(24,33)27(39)18-29(25,3)31(19,40)26(38)6-4-5-15-41-23-10-7-20(8-11-23)32(34,35)36/h7-8,10-11,13-14,17,19,24-25,27,39-40H,4-6,9,12,15-16,18H2,1-3H3/t19-,24+,25+,27+,28+,29+,30+,31+/m1/s1. The normalized spacial score (nSPS) is 39.9. The van der Waals surface area contributed by atoms with Crippen molar-refractivity contribution in [3.05, 3.63) is 53.6 Å². The number of hydrogen-bond donors (Lipinski definition) is 2. The van der Waals surface area contributed by atoms with Crippen molar-refractivity contribution in [3.63, 3.8) is 0 Å². The monoisotopic (exact) mass is 578 g/mol. The molecule has 0 aliphatic heterocycles. The van der Waals surface area contributed by atoms with Gasteiger partial charge < -0.3 is 14.9 Å². The highest BCUT2D eigenvalue weighted by Gasteiger charge is 2.75. The zero-order chi connectivity index (χ0) is 30.0. The fraction of sp³-hybridized carbons (Fsp3) is 0.625. The molecule has 9 heteroatoms. The molecule has 1 aromatic carbocycles. The number of aliphatic hydroxyl groups is 2. The van der Waals surface area contributed by atoms with Crippen LogP contribution in [0.15, 0.2) is 48.1 Å². The number of ether oxygens (including phenoxy) is 1. The molecule has 2 N–H and O–H groups in total. The van der Waals surface area contributed by atoms with Crippen molar-refractivity contribution in [1.29, 1.82) is 0 Å². The lowest BCUT2D eigenvalue weighted by molar-refractivity contribution is -0.218. The van der Waals surface area contributed by atoms with Gasteiger partial charge in [0.1, 0.15) is 11.4 Å². The molecule has 0 spiro atoms. The van der Waals surface area contributed by atoms with Crippen LogP contribution in [0.5, 0.6) is 5.75 Å². The molecular weight excluding hydrogens is 540 g/mol. The van der Waals surface area contributed by atoms with Crippen LogP contribution >= 0.6 is 0 Å². The fourth-order valence-electron chi connectivity index (χ4n) is 8.65. The largest absolute Gasteiger partial charge is 0.494 e. The van der Waals surface area contributed by atoms with E-state index in [0.29, 0.717) is 43.4 Å². The van der Waals surface area contributed by atoms with Gasteiger partial charge in [-0.2, -0.15) is 13.2 Å². The second kappa shape index (κ2) is 10.0. The first kappa shape index (κ1) is 30.0. The molecule has 5 nitrogen and oxygen atoms in total. The second-order valence-electron chi connectivity index (χ2n) is 12.9. The highest BCUT2D eigenvalue weighted by Crippen LogP contribution is 2.70. The molecule has 224 valence electrons. The van der Waals surface area contributed by atoms with E-state index in [2.05, 4.69) is 0 Å². The topological polar surface area (TPSA) is 83.8 Å². The third-order valence-electron chi connectivity index (χ3n) is 10.9. The number of Topliss-reactive ketones (excluding diaryl/α,β-unsaturated/α-hetero) is 1. The van der Waals surface area contributed by atoms with Gasteiger partial charge in [-0.25, -0.2) is 4.39 Å². The average molecular weight is 579 g/mol. The summed E-state index contributed by atoms with van der Waals surface area (Å²) in [6, 6.07) is 4.40. The Morgan fingerprint density at radius 1 is 1.12 bits per heavy atom. The van der Waals surface area contributed by atoms with Crippen molar-refractivity contribution in [2.24, 2.45) is 28.6 Å².